The van der Waals surface area contributed by atoms with Crippen molar-refractivity contribution < 1.29 is 17.9 Å². The van der Waals surface area contributed by atoms with Gasteiger partial charge in [-0.15, -0.1) is 0 Å². The average Bonchev–Trinajstić information content (AvgIpc) is 2.26. The average molecular weight is 195 g/mol. The second-order valence-electron chi connectivity index (χ2n) is 3.00. The third-order valence-corrected chi connectivity index (χ3v) is 1.81. The SMILES string of the molecule is CC1(C)OCC(COS(N)=O)O1. The summed E-state index contributed by atoms with van der Waals surface area (Å²) in [6, 6.07) is 0. The Morgan fingerprint density at radius 2 is 2.42 bits per heavy atom. The van der Waals surface area contributed by atoms with E-state index in [0.29, 0.717) is 6.61 Å². The summed E-state index contributed by atoms with van der Waals surface area (Å²) >= 11 is -1.72. The highest BCUT2D eigenvalue weighted by molar-refractivity contribution is 7.77. The minimum Gasteiger partial charge on any atom is -0.348 e. The summed E-state index contributed by atoms with van der Waals surface area (Å²) in [5.41, 5.74) is 0. The molecule has 0 aliphatic carbocycles. The molecule has 1 heterocycles. The standard InChI is InChI=1S/C6H13NO4S/c1-6(2)9-3-5(11-6)4-10-12(7)8/h5H,3-4,7H2,1-2H3. The zero-order valence-corrected chi connectivity index (χ0v) is 7.93. The van der Waals surface area contributed by atoms with Gasteiger partial charge in [0.1, 0.15) is 6.10 Å². The van der Waals surface area contributed by atoms with E-state index in [0.717, 1.165) is 0 Å². The smallest absolute Gasteiger partial charge is 0.231 e. The van der Waals surface area contributed by atoms with Crippen LogP contribution in [-0.4, -0.2) is 29.3 Å². The van der Waals surface area contributed by atoms with Gasteiger partial charge in [-0.25, -0.2) is 9.35 Å². The van der Waals surface area contributed by atoms with Gasteiger partial charge in [-0.2, -0.15) is 0 Å². The van der Waals surface area contributed by atoms with E-state index < -0.39 is 17.1 Å². The summed E-state index contributed by atoms with van der Waals surface area (Å²) < 4.78 is 25.6. The Morgan fingerprint density at radius 1 is 1.75 bits per heavy atom. The van der Waals surface area contributed by atoms with E-state index in [1.165, 1.54) is 0 Å². The zero-order valence-electron chi connectivity index (χ0n) is 7.11. The lowest BCUT2D eigenvalue weighted by molar-refractivity contribution is -0.141. The second-order valence-corrected chi connectivity index (χ2v) is 3.75. The van der Waals surface area contributed by atoms with Crippen LogP contribution in [0.25, 0.3) is 0 Å². The molecule has 0 saturated carbocycles. The lowest BCUT2D eigenvalue weighted by atomic mass is 10.4. The molecule has 12 heavy (non-hydrogen) atoms. The summed E-state index contributed by atoms with van der Waals surface area (Å²) in [5.74, 6) is -0.565. The highest BCUT2D eigenvalue weighted by Crippen LogP contribution is 2.22. The van der Waals surface area contributed by atoms with E-state index in [9.17, 15) is 4.21 Å². The van der Waals surface area contributed by atoms with E-state index >= 15 is 0 Å². The largest absolute Gasteiger partial charge is 0.348 e. The summed E-state index contributed by atoms with van der Waals surface area (Å²) in [7, 11) is 0. The molecule has 0 radical (unpaired) electrons. The molecule has 6 heteroatoms. The molecule has 0 bridgehead atoms. The molecule has 2 unspecified atom stereocenters. The fourth-order valence-corrected chi connectivity index (χ4v) is 1.27. The van der Waals surface area contributed by atoms with Crippen LogP contribution in [0.2, 0.25) is 0 Å². The molecule has 2 atom stereocenters. The Labute approximate surface area is 74.0 Å². The van der Waals surface area contributed by atoms with Crippen LogP contribution in [0.5, 0.6) is 0 Å². The third kappa shape index (κ3) is 3.16. The van der Waals surface area contributed by atoms with E-state index in [1.54, 1.807) is 0 Å². The summed E-state index contributed by atoms with van der Waals surface area (Å²) in [6.07, 6.45) is -0.174. The maximum atomic E-state index is 10.3. The van der Waals surface area contributed by atoms with Crippen molar-refractivity contribution in [2.24, 2.45) is 5.14 Å². The molecular formula is C6H13NO4S. The Kier molecular flexibility index (Phi) is 3.19. The Bertz CT molecular complexity index is 184. The fraction of sp³-hybridized carbons (Fsp3) is 1.00. The van der Waals surface area contributed by atoms with Gasteiger partial charge >= 0.3 is 0 Å². The quantitative estimate of drug-likeness (QED) is 0.670. The summed E-state index contributed by atoms with van der Waals surface area (Å²) in [6.45, 7) is 4.27. The molecule has 1 aliphatic rings. The van der Waals surface area contributed by atoms with Crippen LogP contribution in [0.4, 0.5) is 0 Å². The minimum atomic E-state index is -1.72. The summed E-state index contributed by atoms with van der Waals surface area (Å²) in [4.78, 5) is 0. The normalized spacial score (nSPS) is 30.4. The maximum Gasteiger partial charge on any atom is 0.231 e. The maximum absolute atomic E-state index is 10.3. The monoisotopic (exact) mass is 195 g/mol. The van der Waals surface area contributed by atoms with Gasteiger partial charge in [0.15, 0.2) is 5.79 Å². The Balaban J connectivity index is 2.24. The molecule has 1 fully saturated rings. The first kappa shape index (κ1) is 10.1. The molecule has 5 nitrogen and oxygen atoms in total. The predicted octanol–water partition coefficient (Wildman–Crippen LogP) is -0.308. The molecule has 0 spiro atoms. The topological polar surface area (TPSA) is 70.8 Å². The molecule has 1 saturated heterocycles. The first-order chi connectivity index (χ1) is 5.49. The van der Waals surface area contributed by atoms with E-state index in [1.807, 2.05) is 13.8 Å². The molecule has 0 amide bonds. The van der Waals surface area contributed by atoms with Gasteiger partial charge in [-0.3, -0.25) is 4.18 Å². The van der Waals surface area contributed by atoms with E-state index in [2.05, 4.69) is 4.18 Å². The number of ether oxygens (including phenoxy) is 2. The zero-order chi connectivity index (χ0) is 9.19. The molecule has 0 aromatic rings. The van der Waals surface area contributed by atoms with Gasteiger partial charge in [-0.05, 0) is 13.8 Å². The second kappa shape index (κ2) is 3.80. The molecule has 2 N–H and O–H groups in total. The van der Waals surface area contributed by atoms with Gasteiger partial charge in [0, 0.05) is 0 Å². The lowest BCUT2D eigenvalue weighted by Gasteiger charge is -2.16. The number of nitrogens with two attached hydrogens (primary N) is 1. The van der Waals surface area contributed by atoms with Crippen molar-refractivity contribution >= 4 is 11.3 Å². The molecular weight excluding hydrogens is 182 g/mol. The van der Waals surface area contributed by atoms with Crippen molar-refractivity contribution in [2.75, 3.05) is 13.2 Å². The third-order valence-electron chi connectivity index (χ3n) is 1.44. The van der Waals surface area contributed by atoms with Crippen molar-refractivity contribution in [1.82, 2.24) is 0 Å². The first-order valence-corrected chi connectivity index (χ1v) is 4.74. The molecule has 0 aromatic heterocycles. The molecule has 72 valence electrons. The number of hydrogen-bond donors (Lipinski definition) is 1. The Hall–Kier alpha value is -0.0100. The summed E-state index contributed by atoms with van der Waals surface area (Å²) in [5, 5.41) is 4.89. The van der Waals surface area contributed by atoms with Crippen LogP contribution in [0.1, 0.15) is 13.8 Å². The van der Waals surface area contributed by atoms with Gasteiger partial charge in [0.05, 0.1) is 13.2 Å². The highest BCUT2D eigenvalue weighted by Gasteiger charge is 2.32. The minimum absolute atomic E-state index is 0.174. The molecule has 1 aliphatic heterocycles. The van der Waals surface area contributed by atoms with Crippen molar-refractivity contribution in [3.05, 3.63) is 0 Å². The number of hydrogen-bond acceptors (Lipinski definition) is 4. The van der Waals surface area contributed by atoms with Crippen molar-refractivity contribution in [1.29, 1.82) is 0 Å². The van der Waals surface area contributed by atoms with Crippen LogP contribution in [0.3, 0.4) is 0 Å². The fourth-order valence-electron chi connectivity index (χ4n) is 0.988. The predicted molar refractivity (Wildman–Crippen MR) is 43.2 cm³/mol. The Morgan fingerprint density at radius 3 is 2.83 bits per heavy atom. The van der Waals surface area contributed by atoms with Crippen LogP contribution in [-0.2, 0) is 24.9 Å². The van der Waals surface area contributed by atoms with Crippen molar-refractivity contribution in [3.8, 4) is 0 Å². The van der Waals surface area contributed by atoms with Crippen molar-refractivity contribution in [2.45, 2.75) is 25.7 Å². The van der Waals surface area contributed by atoms with Crippen LogP contribution in [0, 0.1) is 0 Å². The van der Waals surface area contributed by atoms with Crippen molar-refractivity contribution in [3.63, 3.8) is 0 Å². The van der Waals surface area contributed by atoms with Gasteiger partial charge < -0.3 is 9.47 Å². The first-order valence-electron chi connectivity index (χ1n) is 3.61. The van der Waals surface area contributed by atoms with Crippen LogP contribution < -0.4 is 5.14 Å². The molecule has 1 rings (SSSR count). The highest BCUT2D eigenvalue weighted by atomic mass is 32.2. The van der Waals surface area contributed by atoms with Crippen LogP contribution >= 0.6 is 0 Å². The van der Waals surface area contributed by atoms with Gasteiger partial charge in [-0.1, -0.05) is 0 Å². The van der Waals surface area contributed by atoms with Gasteiger partial charge in [0.2, 0.25) is 11.3 Å². The lowest BCUT2D eigenvalue weighted by Crippen LogP contribution is -2.25. The number of rotatable bonds is 3. The van der Waals surface area contributed by atoms with E-state index in [-0.39, 0.29) is 12.7 Å². The van der Waals surface area contributed by atoms with Crippen LogP contribution in [0.15, 0.2) is 0 Å². The molecule has 0 aromatic carbocycles. The van der Waals surface area contributed by atoms with Gasteiger partial charge in [0.25, 0.3) is 0 Å². The van der Waals surface area contributed by atoms with E-state index in [4.69, 9.17) is 14.6 Å².